The van der Waals surface area contributed by atoms with E-state index in [9.17, 15) is 4.79 Å². The number of hydrogen-bond donors (Lipinski definition) is 1. The number of amides is 1. The Labute approximate surface area is 129 Å². The van der Waals surface area contributed by atoms with Crippen molar-refractivity contribution >= 4 is 6.09 Å². The highest BCUT2D eigenvalue weighted by atomic mass is 16.6. The maximum Gasteiger partial charge on any atom is 0.407 e. The average molecular weight is 301 g/mol. The summed E-state index contributed by atoms with van der Waals surface area (Å²) in [5.41, 5.74) is 0.391. The van der Waals surface area contributed by atoms with E-state index in [2.05, 4.69) is 15.3 Å². The lowest BCUT2D eigenvalue weighted by molar-refractivity contribution is 0.0523. The first kappa shape index (κ1) is 15.8. The van der Waals surface area contributed by atoms with Crippen molar-refractivity contribution in [1.82, 2.24) is 15.3 Å². The molecule has 6 nitrogen and oxygen atoms in total. The molecule has 2 aromatic rings. The first-order valence-electron chi connectivity index (χ1n) is 6.91. The third-order valence-corrected chi connectivity index (χ3v) is 2.51. The third kappa shape index (κ3) is 5.40. The van der Waals surface area contributed by atoms with Crippen molar-refractivity contribution in [2.75, 3.05) is 0 Å². The molecule has 116 valence electrons. The van der Waals surface area contributed by atoms with Crippen LogP contribution in [0.1, 0.15) is 26.3 Å². The zero-order valence-electron chi connectivity index (χ0n) is 12.9. The maximum absolute atomic E-state index is 11.6. The average Bonchev–Trinajstić information content (AvgIpc) is 2.45. The molecule has 1 aromatic carbocycles. The summed E-state index contributed by atoms with van der Waals surface area (Å²) < 4.78 is 10.8. The van der Waals surface area contributed by atoms with E-state index in [1.165, 1.54) is 6.33 Å². The van der Waals surface area contributed by atoms with Gasteiger partial charge in [0.05, 0.1) is 12.4 Å². The molecule has 0 aliphatic heterocycles. The molecule has 1 aromatic heterocycles. The molecule has 0 aliphatic carbocycles. The van der Waals surface area contributed by atoms with Crippen molar-refractivity contribution in [3.8, 4) is 11.5 Å². The number of hydrogen-bond acceptors (Lipinski definition) is 5. The second-order valence-corrected chi connectivity index (χ2v) is 5.68. The highest BCUT2D eigenvalue weighted by molar-refractivity contribution is 5.67. The minimum absolute atomic E-state index is 0.359. The van der Waals surface area contributed by atoms with Crippen molar-refractivity contribution in [3.63, 3.8) is 0 Å². The molecule has 2 rings (SSSR count). The Morgan fingerprint density at radius 3 is 2.59 bits per heavy atom. The first-order chi connectivity index (χ1) is 10.4. The van der Waals surface area contributed by atoms with Gasteiger partial charge in [-0.2, -0.15) is 0 Å². The molecule has 1 amide bonds. The maximum atomic E-state index is 11.6. The van der Waals surface area contributed by atoms with E-state index in [0.717, 1.165) is 5.56 Å². The Morgan fingerprint density at radius 2 is 1.91 bits per heavy atom. The number of alkyl carbamates (subject to hydrolysis) is 1. The monoisotopic (exact) mass is 301 g/mol. The minimum atomic E-state index is -0.512. The van der Waals surface area contributed by atoms with Crippen LogP contribution in [0.2, 0.25) is 0 Å². The zero-order valence-corrected chi connectivity index (χ0v) is 12.9. The summed E-state index contributed by atoms with van der Waals surface area (Å²) in [7, 11) is 0. The summed E-state index contributed by atoms with van der Waals surface area (Å²) in [4.78, 5) is 19.4. The van der Waals surface area contributed by atoms with Gasteiger partial charge in [-0.05, 0) is 38.5 Å². The number of nitrogens with zero attached hydrogens (tertiary/aromatic N) is 2. The number of carbonyl (C=O) groups excluding carboxylic acids is 1. The Kier molecular flexibility index (Phi) is 4.93. The highest BCUT2D eigenvalue weighted by Crippen LogP contribution is 2.20. The zero-order chi connectivity index (χ0) is 16.0. The summed E-state index contributed by atoms with van der Waals surface area (Å²) in [5.74, 6) is 1.21. The van der Waals surface area contributed by atoms with Gasteiger partial charge in [0.25, 0.3) is 0 Å². The van der Waals surface area contributed by atoms with E-state index >= 15 is 0 Å². The fraction of sp³-hybridized carbons (Fsp3) is 0.312. The van der Waals surface area contributed by atoms with Crippen LogP contribution >= 0.6 is 0 Å². The molecule has 0 bridgehead atoms. The topological polar surface area (TPSA) is 73.3 Å². The quantitative estimate of drug-likeness (QED) is 0.938. The van der Waals surface area contributed by atoms with Gasteiger partial charge in [-0.1, -0.05) is 12.1 Å². The van der Waals surface area contributed by atoms with Crippen LogP contribution in [0.4, 0.5) is 4.79 Å². The van der Waals surface area contributed by atoms with Gasteiger partial charge >= 0.3 is 6.09 Å². The van der Waals surface area contributed by atoms with Gasteiger partial charge in [0.2, 0.25) is 0 Å². The first-order valence-corrected chi connectivity index (χ1v) is 6.91. The van der Waals surface area contributed by atoms with Gasteiger partial charge in [0.15, 0.2) is 5.75 Å². The molecular formula is C16H19N3O3. The number of aromatic nitrogens is 2. The van der Waals surface area contributed by atoms with E-state index in [-0.39, 0.29) is 0 Å². The Balaban J connectivity index is 1.93. The van der Waals surface area contributed by atoms with E-state index in [1.54, 1.807) is 12.4 Å². The highest BCUT2D eigenvalue weighted by Gasteiger charge is 2.15. The van der Waals surface area contributed by atoms with Crippen molar-refractivity contribution in [1.29, 1.82) is 0 Å². The molecule has 1 N–H and O–H groups in total. The number of benzene rings is 1. The van der Waals surface area contributed by atoms with Crippen LogP contribution in [0, 0.1) is 0 Å². The second kappa shape index (κ2) is 6.89. The van der Waals surface area contributed by atoms with Crippen molar-refractivity contribution in [2.24, 2.45) is 0 Å². The van der Waals surface area contributed by atoms with Crippen molar-refractivity contribution < 1.29 is 14.3 Å². The Morgan fingerprint density at radius 1 is 1.18 bits per heavy atom. The Bertz CT molecular complexity index is 624. The number of rotatable bonds is 4. The van der Waals surface area contributed by atoms with Gasteiger partial charge in [-0.15, -0.1) is 0 Å². The summed E-state index contributed by atoms with van der Waals surface area (Å²) in [6, 6.07) is 7.41. The molecule has 0 atom stereocenters. The van der Waals surface area contributed by atoms with Crippen LogP contribution in [-0.4, -0.2) is 21.7 Å². The third-order valence-electron chi connectivity index (χ3n) is 2.51. The van der Waals surface area contributed by atoms with E-state index < -0.39 is 11.7 Å². The molecule has 0 aliphatic rings. The molecule has 22 heavy (non-hydrogen) atoms. The van der Waals surface area contributed by atoms with Gasteiger partial charge < -0.3 is 14.8 Å². The number of ether oxygens (including phenoxy) is 2. The van der Waals surface area contributed by atoms with Crippen molar-refractivity contribution in [3.05, 3.63) is 48.5 Å². The normalized spacial score (nSPS) is 10.9. The number of nitrogens with one attached hydrogen (secondary N) is 1. The van der Waals surface area contributed by atoms with E-state index in [4.69, 9.17) is 9.47 Å². The summed E-state index contributed by atoms with van der Waals surface area (Å²) in [6.45, 7) is 5.83. The van der Waals surface area contributed by atoms with Gasteiger partial charge in [-0.25, -0.2) is 14.8 Å². The van der Waals surface area contributed by atoms with Crippen LogP contribution in [0.5, 0.6) is 11.5 Å². The van der Waals surface area contributed by atoms with Gasteiger partial charge in [0.1, 0.15) is 17.7 Å². The molecule has 0 unspecified atom stereocenters. The second-order valence-electron chi connectivity index (χ2n) is 5.68. The standard InChI is InChI=1S/C16H19N3O3/c1-16(2,3)22-15(20)19-8-12-5-4-6-13(7-12)21-14-9-17-11-18-10-14/h4-7,9-11H,8H2,1-3H3,(H,19,20). The van der Waals surface area contributed by atoms with Crippen LogP contribution < -0.4 is 10.1 Å². The lowest BCUT2D eigenvalue weighted by atomic mass is 10.2. The number of carbonyl (C=O) groups is 1. The smallest absolute Gasteiger partial charge is 0.407 e. The Hall–Kier alpha value is -2.63. The molecule has 0 fully saturated rings. The minimum Gasteiger partial charge on any atom is -0.454 e. The molecule has 0 radical (unpaired) electrons. The molecule has 0 saturated heterocycles. The fourth-order valence-corrected chi connectivity index (χ4v) is 1.68. The molecule has 1 heterocycles. The van der Waals surface area contributed by atoms with Crippen molar-refractivity contribution in [2.45, 2.75) is 32.9 Å². The van der Waals surface area contributed by atoms with E-state index in [1.807, 2.05) is 45.0 Å². The van der Waals surface area contributed by atoms with Crippen LogP contribution in [-0.2, 0) is 11.3 Å². The molecule has 6 heteroatoms. The van der Waals surface area contributed by atoms with E-state index in [0.29, 0.717) is 18.0 Å². The van der Waals surface area contributed by atoms with Crippen LogP contribution in [0.25, 0.3) is 0 Å². The molecular weight excluding hydrogens is 282 g/mol. The predicted octanol–water partition coefficient (Wildman–Crippen LogP) is 3.29. The molecule has 0 saturated carbocycles. The lowest BCUT2D eigenvalue weighted by Gasteiger charge is -2.19. The largest absolute Gasteiger partial charge is 0.454 e. The van der Waals surface area contributed by atoms with Gasteiger partial charge in [0, 0.05) is 6.54 Å². The van der Waals surface area contributed by atoms with Gasteiger partial charge in [-0.3, -0.25) is 0 Å². The fourth-order valence-electron chi connectivity index (χ4n) is 1.68. The molecule has 0 spiro atoms. The predicted molar refractivity (Wildman–Crippen MR) is 81.6 cm³/mol. The van der Waals surface area contributed by atoms with Crippen LogP contribution in [0.3, 0.4) is 0 Å². The summed E-state index contributed by atoms with van der Waals surface area (Å²) >= 11 is 0. The SMILES string of the molecule is CC(C)(C)OC(=O)NCc1cccc(Oc2cncnc2)c1. The van der Waals surface area contributed by atoms with Crippen LogP contribution in [0.15, 0.2) is 43.0 Å². The lowest BCUT2D eigenvalue weighted by Crippen LogP contribution is -2.32. The summed E-state index contributed by atoms with van der Waals surface area (Å²) in [6.07, 6.45) is 4.15. The summed E-state index contributed by atoms with van der Waals surface area (Å²) in [5, 5.41) is 2.71.